The van der Waals surface area contributed by atoms with Crippen LogP contribution in [0.1, 0.15) is 22.3 Å². The van der Waals surface area contributed by atoms with E-state index in [2.05, 4.69) is 55.5 Å². The third-order valence-electron chi connectivity index (χ3n) is 6.90. The minimum absolute atomic E-state index is 0.0821. The van der Waals surface area contributed by atoms with Crippen molar-refractivity contribution in [1.82, 2.24) is 0 Å². The molecule has 5 atom stereocenters. The van der Waals surface area contributed by atoms with Gasteiger partial charge in [-0.25, -0.2) is 0 Å². The zero-order valence-corrected chi connectivity index (χ0v) is 24.4. The predicted molar refractivity (Wildman–Crippen MR) is 157 cm³/mol. The summed E-state index contributed by atoms with van der Waals surface area (Å²) >= 11 is -0.0821. The third kappa shape index (κ3) is 7.90. The quantitative estimate of drug-likeness (QED) is 0.236. The van der Waals surface area contributed by atoms with Crippen molar-refractivity contribution in [3.63, 3.8) is 0 Å². The van der Waals surface area contributed by atoms with Gasteiger partial charge in [-0.05, 0) is 0 Å². The van der Waals surface area contributed by atoms with Gasteiger partial charge in [0.05, 0.1) is 0 Å². The molecule has 0 saturated carbocycles. The number of hydrogen-bond donors (Lipinski definition) is 1. The van der Waals surface area contributed by atoms with Crippen LogP contribution in [0, 0.1) is 6.92 Å². The molecule has 208 valence electrons. The predicted octanol–water partition coefficient (Wildman–Crippen LogP) is 4.80. The van der Waals surface area contributed by atoms with Gasteiger partial charge in [0, 0.05) is 0 Å². The molecule has 1 saturated heterocycles. The van der Waals surface area contributed by atoms with E-state index in [0.29, 0.717) is 19.8 Å². The summed E-state index contributed by atoms with van der Waals surface area (Å²) in [5.41, 5.74) is 4.41. The van der Waals surface area contributed by atoms with Gasteiger partial charge in [-0.1, -0.05) is 0 Å². The molecule has 5 rings (SSSR count). The third-order valence-corrected chi connectivity index (χ3v) is 9.33. The van der Waals surface area contributed by atoms with Gasteiger partial charge >= 0.3 is 244 Å². The van der Waals surface area contributed by atoms with Gasteiger partial charge in [0.1, 0.15) is 0 Å². The molecule has 4 aromatic rings. The van der Waals surface area contributed by atoms with Crippen molar-refractivity contribution in [2.45, 2.75) is 56.2 Å². The Morgan fingerprint density at radius 2 is 1.05 bits per heavy atom. The molecule has 40 heavy (non-hydrogen) atoms. The zero-order valence-electron chi connectivity index (χ0n) is 22.7. The van der Waals surface area contributed by atoms with Crippen molar-refractivity contribution in [2.24, 2.45) is 0 Å². The topological polar surface area (TPSA) is 57.2 Å². The second kappa shape index (κ2) is 14.7. The number of ether oxygens (including phenoxy) is 4. The number of aliphatic hydroxyl groups excluding tert-OH is 1. The second-order valence-corrected chi connectivity index (χ2v) is 12.4. The fourth-order valence-corrected chi connectivity index (χ4v) is 7.10. The number of hydrogen-bond acceptors (Lipinski definition) is 5. The number of aryl methyl sites for hydroxylation is 1. The molecule has 0 aromatic heterocycles. The van der Waals surface area contributed by atoms with E-state index in [1.165, 1.54) is 10.0 Å². The molecule has 1 heterocycles. The van der Waals surface area contributed by atoms with Crippen molar-refractivity contribution in [3.8, 4) is 0 Å². The summed E-state index contributed by atoms with van der Waals surface area (Å²) in [5.74, 6) is 0. The maximum absolute atomic E-state index is 10.5. The monoisotopic (exact) mass is 604 g/mol. The van der Waals surface area contributed by atoms with Gasteiger partial charge in [-0.2, -0.15) is 0 Å². The summed E-state index contributed by atoms with van der Waals surface area (Å²) in [6, 6.07) is 38.9. The molecule has 1 N–H and O–H groups in total. The first-order valence-corrected chi connectivity index (χ1v) is 15.5. The van der Waals surface area contributed by atoms with E-state index < -0.39 is 24.4 Å². The molecule has 0 amide bonds. The maximum atomic E-state index is 10.5. The van der Waals surface area contributed by atoms with E-state index in [1.807, 2.05) is 66.7 Å². The minimum atomic E-state index is -0.543. The molecule has 0 radical (unpaired) electrons. The first kappa shape index (κ1) is 28.7. The van der Waals surface area contributed by atoms with Crippen LogP contribution in [0.3, 0.4) is 0 Å². The first-order chi connectivity index (χ1) is 19.7. The summed E-state index contributed by atoms with van der Waals surface area (Å²) in [6.07, 6.45) is -1.90. The van der Waals surface area contributed by atoms with Crippen molar-refractivity contribution < 1.29 is 24.1 Å². The number of benzene rings is 4. The van der Waals surface area contributed by atoms with Crippen molar-refractivity contribution in [3.05, 3.63) is 138 Å². The van der Waals surface area contributed by atoms with E-state index in [0.717, 1.165) is 16.7 Å². The van der Waals surface area contributed by atoms with Gasteiger partial charge in [-0.15, -0.1) is 0 Å². The van der Waals surface area contributed by atoms with Gasteiger partial charge in [-0.3, -0.25) is 0 Å². The Hall–Kier alpha value is -2.80. The molecule has 1 aliphatic rings. The molecule has 0 aliphatic carbocycles. The average Bonchev–Trinajstić information content (AvgIpc) is 3.01. The van der Waals surface area contributed by atoms with E-state index in [1.54, 1.807) is 0 Å². The fourth-order valence-electron chi connectivity index (χ4n) is 4.74. The van der Waals surface area contributed by atoms with Crippen molar-refractivity contribution in [1.29, 1.82) is 0 Å². The van der Waals surface area contributed by atoms with Crippen molar-refractivity contribution >= 4 is 19.4 Å². The van der Waals surface area contributed by atoms with Crippen LogP contribution in [-0.2, 0) is 38.8 Å². The van der Waals surface area contributed by atoms with Crippen LogP contribution in [0.25, 0.3) is 0 Å². The van der Waals surface area contributed by atoms with Crippen LogP contribution >= 0.6 is 0 Å². The summed E-state index contributed by atoms with van der Waals surface area (Å²) in [6.45, 7) is 3.13. The van der Waals surface area contributed by atoms with E-state index >= 15 is 0 Å². The van der Waals surface area contributed by atoms with Gasteiger partial charge < -0.3 is 0 Å². The van der Waals surface area contributed by atoms with Crippen LogP contribution < -0.4 is 4.46 Å². The van der Waals surface area contributed by atoms with E-state index in [-0.39, 0.29) is 26.6 Å². The molecule has 0 bridgehead atoms. The summed E-state index contributed by atoms with van der Waals surface area (Å²) < 4.78 is 27.6. The standard InChI is InChI=1S/C34H36O5Se/c1-25-17-19-29(20-18-25)40-34-33(38-24-28-15-9-4-10-16-28)32(37-23-27-13-7-3-8-14-27)31(30(21-35)39-34)36-22-26-11-5-2-6-12-26/h2-20,30-35H,21-24H2,1H3/t30-,31-,32+,33-,34+/m1/s1. The molecule has 1 aliphatic heterocycles. The normalized spacial score (nSPS) is 22.7. The van der Waals surface area contributed by atoms with Crippen molar-refractivity contribution in [2.75, 3.05) is 6.61 Å². The Morgan fingerprint density at radius 1 is 0.600 bits per heavy atom. The Bertz CT molecular complexity index is 1270. The molecule has 6 heteroatoms. The Labute approximate surface area is 243 Å². The van der Waals surface area contributed by atoms with Crippen LogP contribution in [0.4, 0.5) is 0 Å². The SMILES string of the molecule is Cc1ccc([Se][C@@H]2O[C@H](CO)[C@@H](OCc3ccccc3)[C@H](OCc3ccccc3)[C@H]2OCc2ccccc2)cc1. The Balaban J connectivity index is 1.44. The summed E-state index contributed by atoms with van der Waals surface area (Å²) in [7, 11) is 0. The zero-order chi connectivity index (χ0) is 27.6. The van der Waals surface area contributed by atoms with Crippen LogP contribution in [0.15, 0.2) is 115 Å². The van der Waals surface area contributed by atoms with E-state index in [9.17, 15) is 5.11 Å². The number of aliphatic hydroxyl groups is 1. The molecule has 1 fully saturated rings. The molecule has 0 unspecified atom stereocenters. The summed E-state index contributed by atoms with van der Waals surface area (Å²) in [5, 5.41) is 10.2. The van der Waals surface area contributed by atoms with Gasteiger partial charge in [0.15, 0.2) is 0 Å². The molecular weight excluding hydrogens is 567 g/mol. The Morgan fingerprint density at radius 3 is 1.52 bits per heavy atom. The van der Waals surface area contributed by atoms with Gasteiger partial charge in [0.2, 0.25) is 0 Å². The van der Waals surface area contributed by atoms with Crippen LogP contribution in [-0.4, -0.2) is 56.1 Å². The van der Waals surface area contributed by atoms with Crippen LogP contribution in [0.5, 0.6) is 0 Å². The summed E-state index contributed by atoms with van der Waals surface area (Å²) in [4.78, 5) is 0. The van der Waals surface area contributed by atoms with Crippen LogP contribution in [0.2, 0.25) is 0 Å². The molecule has 5 nitrogen and oxygen atoms in total. The fraction of sp³-hybridized carbons (Fsp3) is 0.294. The first-order valence-electron chi connectivity index (χ1n) is 13.7. The number of rotatable bonds is 12. The van der Waals surface area contributed by atoms with Gasteiger partial charge in [0.25, 0.3) is 0 Å². The molecule has 4 aromatic carbocycles. The molecular formula is C34H36O5Se. The second-order valence-electron chi connectivity index (χ2n) is 9.94. The van der Waals surface area contributed by atoms with E-state index in [4.69, 9.17) is 18.9 Å². The Kier molecular flexibility index (Phi) is 10.6. The molecule has 0 spiro atoms. The average molecular weight is 604 g/mol.